The lowest BCUT2D eigenvalue weighted by atomic mass is 9.32. The number of anilines is 9. The quantitative estimate of drug-likeness (QED) is 0.160. The van der Waals surface area contributed by atoms with Crippen LogP contribution in [0.1, 0.15) is 154 Å². The third-order valence-corrected chi connectivity index (χ3v) is 21.8. The summed E-state index contributed by atoms with van der Waals surface area (Å²) < 4.78 is 2.62. The van der Waals surface area contributed by atoms with Crippen LogP contribution in [-0.2, 0) is 27.1 Å². The van der Waals surface area contributed by atoms with Gasteiger partial charge in [-0.1, -0.05) is 180 Å². The highest BCUT2D eigenvalue weighted by molar-refractivity contribution is 7.00. The molecule has 1 aromatic heterocycles. The fourth-order valence-electron chi connectivity index (χ4n) is 17.7. The lowest BCUT2D eigenvalue weighted by Gasteiger charge is -2.64. The van der Waals surface area contributed by atoms with E-state index in [-0.39, 0.29) is 33.8 Å². The Kier molecular flexibility index (Phi) is 11.5. The molecule has 1 spiro atoms. The third kappa shape index (κ3) is 7.87. The molecule has 0 radical (unpaired) electrons. The Balaban J connectivity index is 1.01. The van der Waals surface area contributed by atoms with Crippen LogP contribution in [0.2, 0.25) is 0 Å². The summed E-state index contributed by atoms with van der Waals surface area (Å²) in [6.07, 6.45) is 6.79. The summed E-state index contributed by atoms with van der Waals surface area (Å²) in [5.74, 6) is 2.96. The lowest BCUT2D eigenvalue weighted by Crippen LogP contribution is -2.64. The normalized spacial score (nSPS) is 20.8. The number of fused-ring (bicyclic) bond motifs is 9. The molecular formula is C81H83BN4. The highest BCUT2D eigenvalue weighted by Crippen LogP contribution is 2.70. The number of para-hydroxylation sites is 2. The van der Waals surface area contributed by atoms with Gasteiger partial charge >= 0.3 is 0 Å². The van der Waals surface area contributed by atoms with Crippen molar-refractivity contribution in [3.05, 3.63) is 221 Å². The van der Waals surface area contributed by atoms with E-state index < -0.39 is 0 Å². The van der Waals surface area contributed by atoms with E-state index in [1.165, 1.54) is 132 Å². The zero-order valence-electron chi connectivity index (χ0n) is 53.0. The molecule has 4 fully saturated rings. The van der Waals surface area contributed by atoms with E-state index in [4.69, 9.17) is 0 Å². The molecule has 0 atom stereocenters. The first-order valence-electron chi connectivity index (χ1n) is 32.4. The van der Waals surface area contributed by atoms with Crippen LogP contribution in [0, 0.1) is 30.6 Å². The molecular weight excluding hydrogens is 1040 g/mol. The van der Waals surface area contributed by atoms with Gasteiger partial charge < -0.3 is 19.3 Å². The predicted molar refractivity (Wildman–Crippen MR) is 367 cm³/mol. The van der Waals surface area contributed by atoms with E-state index in [1.54, 1.807) is 11.1 Å². The van der Waals surface area contributed by atoms with Crippen LogP contribution in [0.4, 0.5) is 51.2 Å². The molecule has 430 valence electrons. The molecule has 7 aliphatic rings. The largest absolute Gasteiger partial charge is 0.311 e. The van der Waals surface area contributed by atoms with Gasteiger partial charge in [-0.15, -0.1) is 0 Å². The first-order chi connectivity index (χ1) is 41.0. The van der Waals surface area contributed by atoms with Crippen molar-refractivity contribution in [1.29, 1.82) is 0 Å². The Morgan fingerprint density at radius 3 is 1.45 bits per heavy atom. The van der Waals surface area contributed by atoms with Crippen LogP contribution in [-0.4, -0.2) is 11.3 Å². The van der Waals surface area contributed by atoms with Gasteiger partial charge in [0.15, 0.2) is 0 Å². The second-order valence-electron chi connectivity index (χ2n) is 31.2. The number of benzene rings is 9. The van der Waals surface area contributed by atoms with Gasteiger partial charge in [-0.05, 0) is 225 Å². The van der Waals surface area contributed by atoms with Crippen molar-refractivity contribution in [2.75, 3.05) is 14.7 Å². The molecule has 3 aliphatic heterocycles. The molecule has 0 saturated heterocycles. The maximum Gasteiger partial charge on any atom is 0.252 e. The minimum Gasteiger partial charge on any atom is -0.311 e. The van der Waals surface area contributed by atoms with E-state index in [9.17, 15) is 0 Å². The second-order valence-corrected chi connectivity index (χ2v) is 31.2. The zero-order valence-corrected chi connectivity index (χ0v) is 53.0. The Morgan fingerprint density at radius 2 is 0.907 bits per heavy atom. The number of aryl methyl sites for hydroxylation is 1. The number of nitrogens with zero attached hydrogens (tertiary/aromatic N) is 4. The van der Waals surface area contributed by atoms with Gasteiger partial charge in [0, 0.05) is 61.7 Å². The maximum atomic E-state index is 2.79. The highest BCUT2D eigenvalue weighted by atomic mass is 15.2. The number of hydrogen-bond donors (Lipinski definition) is 0. The molecule has 9 aromatic carbocycles. The summed E-state index contributed by atoms with van der Waals surface area (Å²) in [5, 5.41) is 2.61. The molecule has 4 nitrogen and oxygen atoms in total. The summed E-state index contributed by atoms with van der Waals surface area (Å²) in [6.45, 7) is 30.1. The van der Waals surface area contributed by atoms with Gasteiger partial charge in [-0.3, -0.25) is 0 Å². The second kappa shape index (κ2) is 18.4. The van der Waals surface area contributed by atoms with Crippen LogP contribution < -0.4 is 31.1 Å². The minimum atomic E-state index is -0.0347. The number of hydrogen-bond acceptors (Lipinski definition) is 3. The minimum absolute atomic E-state index is 0.0151. The fourth-order valence-corrected chi connectivity index (χ4v) is 17.7. The molecule has 0 amide bonds. The van der Waals surface area contributed by atoms with E-state index >= 15 is 0 Å². The SMILES string of the molecule is Cc1ccc(N2c3cc(N(c4ccc(C(C)(C)C)cc4)c4ccc(C(C)(C)C)cc4)ccc3B3c4cccc5c4N(c4ccccc4C54C5CC6CC(C5)CC4C6)c4cc(-n5c6ccc(C(C)(C)C)cc6c6cc(C(C)(C)C)ccc65)cc2c43)cc1. The highest BCUT2D eigenvalue weighted by Gasteiger charge is 2.62. The molecule has 5 heteroatoms. The van der Waals surface area contributed by atoms with Gasteiger partial charge in [-0.25, -0.2) is 0 Å². The smallest absolute Gasteiger partial charge is 0.252 e. The molecule has 4 saturated carbocycles. The Morgan fingerprint density at radius 1 is 0.407 bits per heavy atom. The van der Waals surface area contributed by atoms with Crippen LogP contribution >= 0.6 is 0 Å². The standard InChI is InChI=1S/C81H83BN4/c1-49-21-29-60(30-22-49)84-72-46-61(83(58-31-23-52(24-32-58)77(2,3)4)59-33-25-53(26-34-59)78(5,6)7)35-36-67(72)82-68-19-16-18-66-76(68)86(71-20-15-14-17-65(71)81(66)56-40-50-39-51(42-56)43-57(81)41-50)74-48-62(47-73(84)75(74)82)85-69-37-27-54(79(8,9)10)44-63(69)64-45-55(80(11,12)13)28-38-70(64)85/h14-38,44-48,50-51,56-57H,39-43H2,1-13H3. The van der Waals surface area contributed by atoms with Gasteiger partial charge in [0.2, 0.25) is 0 Å². The van der Waals surface area contributed by atoms with Crippen LogP contribution in [0.5, 0.6) is 0 Å². The Bertz CT molecular complexity index is 4260. The van der Waals surface area contributed by atoms with Crippen molar-refractivity contribution in [3.8, 4) is 5.69 Å². The van der Waals surface area contributed by atoms with Gasteiger partial charge in [0.1, 0.15) is 0 Å². The van der Waals surface area contributed by atoms with Gasteiger partial charge in [-0.2, -0.15) is 0 Å². The average Bonchev–Trinajstić information content (AvgIpc) is 0.738. The summed E-state index contributed by atoms with van der Waals surface area (Å²) in [4.78, 5) is 7.93. The lowest BCUT2D eigenvalue weighted by molar-refractivity contribution is -0.0419. The average molecular weight is 1120 g/mol. The van der Waals surface area contributed by atoms with Crippen molar-refractivity contribution >= 4 is 96.1 Å². The van der Waals surface area contributed by atoms with Crippen LogP contribution in [0.25, 0.3) is 27.5 Å². The molecule has 4 heterocycles. The van der Waals surface area contributed by atoms with Crippen LogP contribution in [0.3, 0.4) is 0 Å². The van der Waals surface area contributed by atoms with Crippen molar-refractivity contribution < 1.29 is 0 Å². The number of rotatable bonds is 5. The molecule has 17 rings (SSSR count). The summed E-state index contributed by atoms with van der Waals surface area (Å²) in [5.41, 5.74) is 28.6. The molecule has 4 bridgehead atoms. The van der Waals surface area contributed by atoms with Gasteiger partial charge in [0.05, 0.1) is 22.4 Å². The molecule has 0 unspecified atom stereocenters. The van der Waals surface area contributed by atoms with E-state index in [0.717, 1.165) is 34.6 Å². The number of aromatic nitrogens is 1. The molecule has 86 heavy (non-hydrogen) atoms. The van der Waals surface area contributed by atoms with E-state index in [2.05, 4.69) is 291 Å². The monoisotopic (exact) mass is 1120 g/mol. The fraction of sp³-hybridized carbons (Fsp3) is 0.333. The maximum absolute atomic E-state index is 2.79. The third-order valence-electron chi connectivity index (χ3n) is 21.8. The topological polar surface area (TPSA) is 14.7 Å². The van der Waals surface area contributed by atoms with Crippen molar-refractivity contribution in [2.45, 2.75) is 149 Å². The summed E-state index contributed by atoms with van der Waals surface area (Å²) in [7, 11) is 0. The first kappa shape index (κ1) is 53.7. The predicted octanol–water partition coefficient (Wildman–Crippen LogP) is 19.9. The van der Waals surface area contributed by atoms with Crippen molar-refractivity contribution in [1.82, 2.24) is 4.57 Å². The molecule has 0 N–H and O–H groups in total. The zero-order chi connectivity index (χ0) is 59.3. The Hall–Kier alpha value is -7.76. The summed E-state index contributed by atoms with van der Waals surface area (Å²) in [6, 6.07) is 72.8. The van der Waals surface area contributed by atoms with E-state index in [0.29, 0.717) is 11.8 Å². The van der Waals surface area contributed by atoms with Crippen molar-refractivity contribution in [2.24, 2.45) is 23.7 Å². The first-order valence-corrected chi connectivity index (χ1v) is 32.4. The van der Waals surface area contributed by atoms with E-state index in [1.807, 2.05) is 0 Å². The Labute approximate surface area is 512 Å². The molecule has 4 aliphatic carbocycles. The summed E-state index contributed by atoms with van der Waals surface area (Å²) >= 11 is 0. The molecule has 10 aromatic rings. The van der Waals surface area contributed by atoms with Gasteiger partial charge in [0.25, 0.3) is 6.71 Å². The van der Waals surface area contributed by atoms with Crippen LogP contribution in [0.15, 0.2) is 182 Å². The van der Waals surface area contributed by atoms with Crippen molar-refractivity contribution in [3.63, 3.8) is 0 Å².